The van der Waals surface area contributed by atoms with Crippen molar-refractivity contribution in [3.05, 3.63) is 0 Å². The predicted molar refractivity (Wildman–Crippen MR) is 51.0 cm³/mol. The molecule has 0 heterocycles. The van der Waals surface area contributed by atoms with Gasteiger partial charge in [-0.2, -0.15) is 4.89 Å². The van der Waals surface area contributed by atoms with Gasteiger partial charge in [-0.25, -0.2) is 4.79 Å². The SMILES string of the molecule is CCC(C)OOC(=O)CC(C)(C)C. The lowest BCUT2D eigenvalue weighted by Crippen LogP contribution is -2.18. The molecule has 0 aliphatic heterocycles. The van der Waals surface area contributed by atoms with Crippen molar-refractivity contribution in [2.45, 2.75) is 53.6 Å². The van der Waals surface area contributed by atoms with Crippen molar-refractivity contribution in [2.75, 3.05) is 0 Å². The molecule has 13 heavy (non-hydrogen) atoms. The zero-order valence-electron chi connectivity index (χ0n) is 9.22. The lowest BCUT2D eigenvalue weighted by molar-refractivity contribution is -0.296. The Morgan fingerprint density at radius 2 is 1.92 bits per heavy atom. The van der Waals surface area contributed by atoms with Gasteiger partial charge < -0.3 is 0 Å². The van der Waals surface area contributed by atoms with Crippen LogP contribution in [0.4, 0.5) is 0 Å². The Kier molecular flexibility index (Phi) is 4.99. The fourth-order valence-electron chi connectivity index (χ4n) is 0.666. The third-order valence-electron chi connectivity index (χ3n) is 1.55. The summed E-state index contributed by atoms with van der Waals surface area (Å²) >= 11 is 0. The zero-order chi connectivity index (χ0) is 10.5. The van der Waals surface area contributed by atoms with Gasteiger partial charge in [-0.05, 0) is 18.8 Å². The zero-order valence-corrected chi connectivity index (χ0v) is 9.22. The lowest BCUT2D eigenvalue weighted by atomic mass is 9.93. The summed E-state index contributed by atoms with van der Waals surface area (Å²) in [4.78, 5) is 20.6. The van der Waals surface area contributed by atoms with Gasteiger partial charge >= 0.3 is 5.97 Å². The van der Waals surface area contributed by atoms with E-state index >= 15 is 0 Å². The molecule has 0 N–H and O–H groups in total. The molecule has 0 aliphatic rings. The first-order chi connectivity index (χ1) is 5.85. The number of hydrogen-bond donors (Lipinski definition) is 0. The van der Waals surface area contributed by atoms with Crippen molar-refractivity contribution in [1.82, 2.24) is 0 Å². The van der Waals surface area contributed by atoms with E-state index in [1.165, 1.54) is 0 Å². The maximum atomic E-state index is 11.1. The largest absolute Gasteiger partial charge is 0.342 e. The summed E-state index contributed by atoms with van der Waals surface area (Å²) < 4.78 is 0. The fourth-order valence-corrected chi connectivity index (χ4v) is 0.666. The van der Waals surface area contributed by atoms with Crippen molar-refractivity contribution >= 4 is 5.97 Å². The maximum absolute atomic E-state index is 11.1. The molecule has 3 heteroatoms. The molecule has 0 aromatic heterocycles. The summed E-state index contributed by atoms with van der Waals surface area (Å²) in [5.74, 6) is -0.298. The Bertz CT molecular complexity index is 158. The normalized spacial score (nSPS) is 13.9. The predicted octanol–water partition coefficient (Wildman–Crippen LogP) is 2.70. The van der Waals surface area contributed by atoms with Crippen molar-refractivity contribution in [1.29, 1.82) is 0 Å². The number of carbonyl (C=O) groups excluding carboxylic acids is 1. The van der Waals surface area contributed by atoms with Crippen LogP contribution in [0.15, 0.2) is 0 Å². The van der Waals surface area contributed by atoms with E-state index in [4.69, 9.17) is 4.89 Å². The molecule has 0 radical (unpaired) electrons. The summed E-state index contributed by atoms with van der Waals surface area (Å²) in [6.45, 7) is 9.79. The second-order valence-electron chi connectivity index (χ2n) is 4.51. The van der Waals surface area contributed by atoms with Crippen molar-refractivity contribution in [2.24, 2.45) is 5.41 Å². The van der Waals surface area contributed by atoms with Crippen LogP contribution in [0.25, 0.3) is 0 Å². The van der Waals surface area contributed by atoms with Gasteiger partial charge in [0.05, 0.1) is 6.42 Å². The van der Waals surface area contributed by atoms with Crippen LogP contribution in [0, 0.1) is 5.41 Å². The Balaban J connectivity index is 3.64. The van der Waals surface area contributed by atoms with Crippen molar-refractivity contribution in [3.63, 3.8) is 0 Å². The van der Waals surface area contributed by atoms with Gasteiger partial charge in [0.1, 0.15) is 6.10 Å². The van der Waals surface area contributed by atoms with E-state index in [9.17, 15) is 4.79 Å². The average molecular weight is 188 g/mol. The maximum Gasteiger partial charge on any atom is 0.342 e. The van der Waals surface area contributed by atoms with Crippen LogP contribution in [0.5, 0.6) is 0 Å². The molecule has 0 saturated carbocycles. The van der Waals surface area contributed by atoms with E-state index in [2.05, 4.69) is 4.89 Å². The van der Waals surface area contributed by atoms with Gasteiger partial charge in [-0.15, -0.1) is 0 Å². The Labute approximate surface area is 80.3 Å². The summed E-state index contributed by atoms with van der Waals surface area (Å²) in [5.41, 5.74) is -0.0457. The second kappa shape index (κ2) is 5.22. The monoisotopic (exact) mass is 188 g/mol. The van der Waals surface area contributed by atoms with E-state index in [1.807, 2.05) is 34.6 Å². The Morgan fingerprint density at radius 3 is 2.31 bits per heavy atom. The molecule has 78 valence electrons. The molecule has 0 aromatic carbocycles. The van der Waals surface area contributed by atoms with Crippen LogP contribution in [0.2, 0.25) is 0 Å². The van der Waals surface area contributed by atoms with E-state index in [0.29, 0.717) is 6.42 Å². The Hall–Kier alpha value is -0.570. The van der Waals surface area contributed by atoms with Gasteiger partial charge in [0, 0.05) is 0 Å². The van der Waals surface area contributed by atoms with Crippen LogP contribution in [0.3, 0.4) is 0 Å². The van der Waals surface area contributed by atoms with E-state index in [-0.39, 0.29) is 17.5 Å². The molecule has 0 aromatic rings. The van der Waals surface area contributed by atoms with Crippen LogP contribution in [-0.2, 0) is 14.6 Å². The van der Waals surface area contributed by atoms with Gasteiger partial charge in [0.25, 0.3) is 0 Å². The first-order valence-corrected chi connectivity index (χ1v) is 4.71. The molecule has 3 nitrogen and oxygen atoms in total. The number of carbonyl (C=O) groups is 1. The molecule has 0 spiro atoms. The van der Waals surface area contributed by atoms with Gasteiger partial charge in [0.2, 0.25) is 0 Å². The molecule has 1 atom stereocenters. The molecule has 0 bridgehead atoms. The standard InChI is InChI=1S/C10H20O3/c1-6-8(2)12-13-9(11)7-10(3,4)5/h8H,6-7H2,1-5H3. The number of hydrogen-bond acceptors (Lipinski definition) is 3. The lowest BCUT2D eigenvalue weighted by Gasteiger charge is -2.16. The van der Waals surface area contributed by atoms with Gasteiger partial charge in [0.15, 0.2) is 0 Å². The highest BCUT2D eigenvalue weighted by molar-refractivity contribution is 5.69. The quantitative estimate of drug-likeness (QED) is 0.502. The second-order valence-corrected chi connectivity index (χ2v) is 4.51. The molecule has 0 amide bonds. The number of rotatable bonds is 4. The third-order valence-corrected chi connectivity index (χ3v) is 1.55. The van der Waals surface area contributed by atoms with E-state index in [0.717, 1.165) is 6.42 Å². The highest BCUT2D eigenvalue weighted by Crippen LogP contribution is 2.19. The summed E-state index contributed by atoms with van der Waals surface area (Å²) in [7, 11) is 0. The first-order valence-electron chi connectivity index (χ1n) is 4.71. The smallest absolute Gasteiger partial charge is 0.298 e. The molecular weight excluding hydrogens is 168 g/mol. The van der Waals surface area contributed by atoms with Crippen molar-refractivity contribution in [3.8, 4) is 0 Å². The Morgan fingerprint density at radius 1 is 1.38 bits per heavy atom. The van der Waals surface area contributed by atoms with E-state index in [1.54, 1.807) is 0 Å². The average Bonchev–Trinajstić information content (AvgIpc) is 1.97. The van der Waals surface area contributed by atoms with Crippen LogP contribution in [-0.4, -0.2) is 12.1 Å². The molecule has 0 rings (SSSR count). The van der Waals surface area contributed by atoms with Gasteiger partial charge in [-0.1, -0.05) is 27.7 Å². The third kappa shape index (κ3) is 7.78. The summed E-state index contributed by atoms with van der Waals surface area (Å²) in [6.07, 6.45) is 1.19. The molecule has 0 saturated heterocycles. The van der Waals surface area contributed by atoms with Crippen LogP contribution in [0.1, 0.15) is 47.5 Å². The molecule has 1 unspecified atom stereocenters. The topological polar surface area (TPSA) is 35.5 Å². The van der Waals surface area contributed by atoms with Crippen molar-refractivity contribution < 1.29 is 14.6 Å². The molecule has 0 fully saturated rings. The van der Waals surface area contributed by atoms with Crippen LogP contribution < -0.4 is 0 Å². The highest BCUT2D eigenvalue weighted by atomic mass is 17.2. The minimum absolute atomic E-state index is 0.0241. The molecule has 0 aliphatic carbocycles. The summed E-state index contributed by atoms with van der Waals surface area (Å²) in [5, 5.41) is 0. The first kappa shape index (κ1) is 12.4. The van der Waals surface area contributed by atoms with E-state index < -0.39 is 0 Å². The van der Waals surface area contributed by atoms with Gasteiger partial charge in [-0.3, -0.25) is 4.89 Å². The molecular formula is C10H20O3. The minimum atomic E-state index is -0.298. The highest BCUT2D eigenvalue weighted by Gasteiger charge is 2.18. The minimum Gasteiger partial charge on any atom is -0.298 e. The van der Waals surface area contributed by atoms with Crippen LogP contribution >= 0.6 is 0 Å². The summed E-state index contributed by atoms with van der Waals surface area (Å²) in [6, 6.07) is 0. The fraction of sp³-hybridized carbons (Fsp3) is 0.900.